The van der Waals surface area contributed by atoms with Crippen molar-refractivity contribution >= 4 is 5.97 Å². The summed E-state index contributed by atoms with van der Waals surface area (Å²) in [5, 5.41) is 8.77. The molecule has 0 aromatic heterocycles. The van der Waals surface area contributed by atoms with Gasteiger partial charge in [-0.25, -0.2) is 4.39 Å². The molecule has 17 heavy (non-hydrogen) atoms. The molecule has 1 aliphatic rings. The Morgan fingerprint density at radius 1 is 1.59 bits per heavy atom. The number of halogens is 1. The highest BCUT2D eigenvalue weighted by Gasteiger charge is 2.46. The molecule has 2 rings (SSSR count). The van der Waals surface area contributed by atoms with Crippen LogP contribution in [0, 0.1) is 5.82 Å². The molecule has 0 spiro atoms. The quantitative estimate of drug-likeness (QED) is 0.818. The molecule has 1 fully saturated rings. The van der Waals surface area contributed by atoms with Gasteiger partial charge in [0.25, 0.3) is 0 Å². The van der Waals surface area contributed by atoms with Gasteiger partial charge in [0.2, 0.25) is 0 Å². The fourth-order valence-electron chi connectivity index (χ4n) is 2.10. The average molecular weight is 239 g/mol. The fourth-order valence-corrected chi connectivity index (χ4v) is 2.10. The molecule has 3 N–H and O–H groups in total. The molecule has 0 radical (unpaired) electrons. The lowest BCUT2D eigenvalue weighted by atomic mass is 9.71. The number of aliphatic carboxylic acids is 1. The van der Waals surface area contributed by atoms with Gasteiger partial charge in [-0.2, -0.15) is 0 Å². The molecule has 1 atom stereocenters. The molecule has 5 heteroatoms. The van der Waals surface area contributed by atoms with Crippen molar-refractivity contribution in [2.24, 2.45) is 5.73 Å². The van der Waals surface area contributed by atoms with E-state index in [0.29, 0.717) is 18.8 Å². The Kier molecular flexibility index (Phi) is 3.13. The predicted octanol–water partition coefficient (Wildman–Crippen LogP) is 0.896. The van der Waals surface area contributed by atoms with E-state index in [-0.39, 0.29) is 12.2 Å². The SMILES string of the molecule is NC(CC(=O)O)C1(c2cccc(F)c2)COC1. The van der Waals surface area contributed by atoms with Crippen LogP contribution in [0.5, 0.6) is 0 Å². The van der Waals surface area contributed by atoms with Crippen molar-refractivity contribution in [1.29, 1.82) is 0 Å². The third-order valence-corrected chi connectivity index (χ3v) is 3.22. The van der Waals surface area contributed by atoms with Gasteiger partial charge in [-0.05, 0) is 17.7 Å². The first kappa shape index (κ1) is 12.0. The van der Waals surface area contributed by atoms with Crippen molar-refractivity contribution in [3.8, 4) is 0 Å². The summed E-state index contributed by atoms with van der Waals surface area (Å²) in [5.41, 5.74) is 6.05. The molecule has 0 aliphatic carbocycles. The van der Waals surface area contributed by atoms with E-state index in [1.54, 1.807) is 12.1 Å². The van der Waals surface area contributed by atoms with E-state index < -0.39 is 17.4 Å². The number of nitrogens with two attached hydrogens (primary N) is 1. The highest BCUT2D eigenvalue weighted by molar-refractivity contribution is 5.68. The zero-order chi connectivity index (χ0) is 12.5. The first-order chi connectivity index (χ1) is 8.04. The van der Waals surface area contributed by atoms with Crippen LogP contribution in [0.3, 0.4) is 0 Å². The molecular formula is C12H14FNO3. The van der Waals surface area contributed by atoms with Crippen LogP contribution < -0.4 is 5.73 Å². The zero-order valence-electron chi connectivity index (χ0n) is 9.23. The second-order valence-electron chi connectivity index (χ2n) is 4.36. The van der Waals surface area contributed by atoms with Crippen molar-refractivity contribution in [3.63, 3.8) is 0 Å². The molecule has 92 valence electrons. The van der Waals surface area contributed by atoms with Crippen LogP contribution in [0.1, 0.15) is 12.0 Å². The van der Waals surface area contributed by atoms with E-state index in [1.165, 1.54) is 12.1 Å². The van der Waals surface area contributed by atoms with Gasteiger partial charge < -0.3 is 15.6 Å². The van der Waals surface area contributed by atoms with Crippen LogP contribution in [0.2, 0.25) is 0 Å². The maximum Gasteiger partial charge on any atom is 0.304 e. The molecule has 1 heterocycles. The van der Waals surface area contributed by atoms with Crippen LogP contribution in [0.15, 0.2) is 24.3 Å². The smallest absolute Gasteiger partial charge is 0.304 e. The number of carboxylic acids is 1. The van der Waals surface area contributed by atoms with Crippen molar-refractivity contribution in [2.45, 2.75) is 17.9 Å². The second-order valence-corrected chi connectivity index (χ2v) is 4.36. The number of carboxylic acid groups (broad SMARTS) is 1. The lowest BCUT2D eigenvalue weighted by Crippen LogP contribution is -2.59. The van der Waals surface area contributed by atoms with Crippen molar-refractivity contribution in [2.75, 3.05) is 13.2 Å². The molecule has 1 aromatic carbocycles. The molecule has 0 amide bonds. The Bertz CT molecular complexity index is 432. The van der Waals surface area contributed by atoms with Crippen molar-refractivity contribution in [3.05, 3.63) is 35.6 Å². The Balaban J connectivity index is 2.28. The predicted molar refractivity (Wildman–Crippen MR) is 59.1 cm³/mol. The highest BCUT2D eigenvalue weighted by Crippen LogP contribution is 2.36. The van der Waals surface area contributed by atoms with Gasteiger partial charge in [0.1, 0.15) is 5.82 Å². The largest absolute Gasteiger partial charge is 0.481 e. The van der Waals surface area contributed by atoms with Gasteiger partial charge in [0.15, 0.2) is 0 Å². The molecule has 1 aromatic rings. The van der Waals surface area contributed by atoms with E-state index in [4.69, 9.17) is 15.6 Å². The van der Waals surface area contributed by atoms with Gasteiger partial charge in [-0.15, -0.1) is 0 Å². The Labute approximate surface area is 98.2 Å². The molecule has 1 unspecified atom stereocenters. The maximum atomic E-state index is 13.2. The lowest BCUT2D eigenvalue weighted by Gasteiger charge is -2.45. The second kappa shape index (κ2) is 4.43. The van der Waals surface area contributed by atoms with E-state index in [9.17, 15) is 9.18 Å². The molecule has 1 saturated heterocycles. The lowest BCUT2D eigenvalue weighted by molar-refractivity contribution is -0.140. The first-order valence-electron chi connectivity index (χ1n) is 5.36. The van der Waals surface area contributed by atoms with Crippen LogP contribution in [0.25, 0.3) is 0 Å². The summed E-state index contributed by atoms with van der Waals surface area (Å²) in [4.78, 5) is 10.7. The number of ether oxygens (including phenoxy) is 1. The Morgan fingerprint density at radius 3 is 2.76 bits per heavy atom. The van der Waals surface area contributed by atoms with Crippen LogP contribution in [0.4, 0.5) is 4.39 Å². The summed E-state index contributed by atoms with van der Waals surface area (Å²) in [6.45, 7) is 0.676. The molecule has 1 aliphatic heterocycles. The summed E-state index contributed by atoms with van der Waals surface area (Å²) in [5.74, 6) is -1.31. The summed E-state index contributed by atoms with van der Waals surface area (Å²) >= 11 is 0. The van der Waals surface area contributed by atoms with Crippen LogP contribution in [-0.4, -0.2) is 30.3 Å². The fraction of sp³-hybridized carbons (Fsp3) is 0.417. The number of benzene rings is 1. The van der Waals surface area contributed by atoms with Gasteiger partial charge in [-0.1, -0.05) is 12.1 Å². The summed E-state index contributed by atoms with van der Waals surface area (Å²) < 4.78 is 18.3. The van der Waals surface area contributed by atoms with Crippen molar-refractivity contribution in [1.82, 2.24) is 0 Å². The van der Waals surface area contributed by atoms with Gasteiger partial charge in [0.05, 0.1) is 25.0 Å². The molecular weight excluding hydrogens is 225 g/mol. The minimum atomic E-state index is -0.958. The maximum absolute atomic E-state index is 13.2. The minimum absolute atomic E-state index is 0.153. The number of hydrogen-bond donors (Lipinski definition) is 2. The van der Waals surface area contributed by atoms with Crippen LogP contribution >= 0.6 is 0 Å². The Morgan fingerprint density at radius 2 is 2.29 bits per heavy atom. The zero-order valence-corrected chi connectivity index (χ0v) is 9.23. The summed E-state index contributed by atoms with van der Waals surface area (Å²) in [6.07, 6.45) is -0.153. The van der Waals surface area contributed by atoms with Gasteiger partial charge >= 0.3 is 5.97 Å². The van der Waals surface area contributed by atoms with Gasteiger partial charge in [0, 0.05) is 6.04 Å². The van der Waals surface area contributed by atoms with Crippen molar-refractivity contribution < 1.29 is 19.0 Å². The number of carbonyl (C=O) groups is 1. The van der Waals surface area contributed by atoms with Crippen LogP contribution in [-0.2, 0) is 14.9 Å². The minimum Gasteiger partial charge on any atom is -0.481 e. The molecule has 0 saturated carbocycles. The highest BCUT2D eigenvalue weighted by atomic mass is 19.1. The van der Waals surface area contributed by atoms with E-state index >= 15 is 0 Å². The van der Waals surface area contributed by atoms with E-state index in [2.05, 4.69) is 0 Å². The summed E-state index contributed by atoms with van der Waals surface area (Å²) in [6, 6.07) is 5.52. The summed E-state index contributed by atoms with van der Waals surface area (Å²) in [7, 11) is 0. The van der Waals surface area contributed by atoms with E-state index in [0.717, 1.165) is 0 Å². The normalized spacial score (nSPS) is 19.4. The monoisotopic (exact) mass is 239 g/mol. The standard InChI is InChI=1S/C12H14FNO3/c13-9-3-1-2-8(4-9)12(6-17-7-12)10(14)5-11(15)16/h1-4,10H,5-7,14H2,(H,15,16). The molecule has 4 nitrogen and oxygen atoms in total. The average Bonchev–Trinajstić information content (AvgIpc) is 2.14. The first-order valence-corrected chi connectivity index (χ1v) is 5.36. The van der Waals surface area contributed by atoms with E-state index in [1.807, 2.05) is 0 Å². The number of rotatable bonds is 4. The third kappa shape index (κ3) is 2.16. The Hall–Kier alpha value is -1.46. The molecule has 0 bridgehead atoms. The third-order valence-electron chi connectivity index (χ3n) is 3.22. The topological polar surface area (TPSA) is 72.6 Å². The van der Waals surface area contributed by atoms with Gasteiger partial charge in [-0.3, -0.25) is 4.79 Å². The number of hydrogen-bond acceptors (Lipinski definition) is 3.